The minimum Gasteiger partial charge on any atom is -0.466 e. The number of halogens is 2. The number of furan rings is 1. The highest BCUT2D eigenvalue weighted by molar-refractivity contribution is 9.11. The highest BCUT2D eigenvalue weighted by Gasteiger charge is 2.19. The van der Waals surface area contributed by atoms with E-state index >= 15 is 0 Å². The van der Waals surface area contributed by atoms with Crippen molar-refractivity contribution in [2.24, 2.45) is 0 Å². The summed E-state index contributed by atoms with van der Waals surface area (Å²) in [6.45, 7) is 3.92. The quantitative estimate of drug-likeness (QED) is 0.856. The van der Waals surface area contributed by atoms with Crippen LogP contribution in [-0.4, -0.2) is 5.11 Å². The molecule has 0 aliphatic carbocycles. The predicted octanol–water partition coefficient (Wildman–Crippen LogP) is 4.50. The molecular weight excluding hydrogens is 348 g/mol. The Morgan fingerprint density at radius 3 is 2.41 bits per heavy atom. The number of hydrogen-bond donors (Lipinski definition) is 1. The fraction of sp³-hybridized carbons (Fsp3) is 0.231. The molecule has 0 radical (unpaired) electrons. The van der Waals surface area contributed by atoms with Gasteiger partial charge in [-0.1, -0.05) is 31.9 Å². The Hall–Kier alpha value is -0.580. The third-order valence-electron chi connectivity index (χ3n) is 2.72. The van der Waals surface area contributed by atoms with Crippen LogP contribution in [0.4, 0.5) is 0 Å². The lowest BCUT2D eigenvalue weighted by atomic mass is 10.0. The van der Waals surface area contributed by atoms with Gasteiger partial charge in [-0.15, -0.1) is 0 Å². The molecule has 1 aromatic heterocycles. The van der Waals surface area contributed by atoms with Crippen LogP contribution in [0.15, 0.2) is 37.8 Å². The SMILES string of the molecule is Cc1cc(Br)c(C(O)c2occc2C)cc1Br. The van der Waals surface area contributed by atoms with Gasteiger partial charge in [0.1, 0.15) is 11.9 Å². The van der Waals surface area contributed by atoms with Crippen molar-refractivity contribution in [1.82, 2.24) is 0 Å². The van der Waals surface area contributed by atoms with E-state index in [1.165, 1.54) is 0 Å². The molecule has 2 rings (SSSR count). The molecule has 2 aromatic rings. The zero-order valence-corrected chi connectivity index (χ0v) is 12.7. The second-order valence-corrected chi connectivity index (χ2v) is 5.70. The Labute approximate surface area is 117 Å². The van der Waals surface area contributed by atoms with Gasteiger partial charge in [0.25, 0.3) is 0 Å². The Morgan fingerprint density at radius 1 is 1.12 bits per heavy atom. The van der Waals surface area contributed by atoms with E-state index in [2.05, 4.69) is 31.9 Å². The monoisotopic (exact) mass is 358 g/mol. The van der Waals surface area contributed by atoms with Crippen molar-refractivity contribution in [3.05, 3.63) is 55.9 Å². The van der Waals surface area contributed by atoms with Gasteiger partial charge in [-0.05, 0) is 43.2 Å². The van der Waals surface area contributed by atoms with Crippen molar-refractivity contribution < 1.29 is 9.52 Å². The summed E-state index contributed by atoms with van der Waals surface area (Å²) in [5.74, 6) is 0.585. The molecule has 0 spiro atoms. The molecule has 0 saturated heterocycles. The molecule has 17 heavy (non-hydrogen) atoms. The maximum absolute atomic E-state index is 10.3. The van der Waals surface area contributed by atoms with Crippen LogP contribution in [0.5, 0.6) is 0 Å². The van der Waals surface area contributed by atoms with Crippen molar-refractivity contribution in [3.63, 3.8) is 0 Å². The van der Waals surface area contributed by atoms with E-state index in [0.29, 0.717) is 5.76 Å². The van der Waals surface area contributed by atoms with E-state index < -0.39 is 6.10 Å². The van der Waals surface area contributed by atoms with Gasteiger partial charge in [-0.25, -0.2) is 0 Å². The summed E-state index contributed by atoms with van der Waals surface area (Å²) >= 11 is 6.94. The summed E-state index contributed by atoms with van der Waals surface area (Å²) < 4.78 is 7.17. The molecule has 1 N–H and O–H groups in total. The number of hydrogen-bond acceptors (Lipinski definition) is 2. The van der Waals surface area contributed by atoms with Crippen LogP contribution in [0.3, 0.4) is 0 Å². The molecule has 1 aromatic carbocycles. The van der Waals surface area contributed by atoms with E-state index in [1.54, 1.807) is 6.26 Å². The zero-order valence-electron chi connectivity index (χ0n) is 9.50. The van der Waals surface area contributed by atoms with Crippen molar-refractivity contribution >= 4 is 31.9 Å². The van der Waals surface area contributed by atoms with E-state index in [1.807, 2.05) is 32.0 Å². The number of aliphatic hydroxyl groups is 1. The van der Waals surface area contributed by atoms with Crippen LogP contribution < -0.4 is 0 Å². The van der Waals surface area contributed by atoms with Crippen LogP contribution >= 0.6 is 31.9 Å². The number of aryl methyl sites for hydroxylation is 2. The first-order valence-corrected chi connectivity index (χ1v) is 6.77. The van der Waals surface area contributed by atoms with Crippen molar-refractivity contribution in [2.75, 3.05) is 0 Å². The molecule has 2 nitrogen and oxygen atoms in total. The Bertz CT molecular complexity index is 546. The molecule has 0 aliphatic heterocycles. The molecule has 0 amide bonds. The summed E-state index contributed by atoms with van der Waals surface area (Å²) in [6, 6.07) is 5.72. The number of rotatable bonds is 2. The van der Waals surface area contributed by atoms with Crippen LogP contribution in [-0.2, 0) is 0 Å². The first kappa shape index (κ1) is 12.9. The van der Waals surface area contributed by atoms with E-state index in [0.717, 1.165) is 25.6 Å². The maximum atomic E-state index is 10.3. The van der Waals surface area contributed by atoms with Crippen LogP contribution in [0.25, 0.3) is 0 Å². The fourth-order valence-electron chi connectivity index (χ4n) is 1.68. The highest BCUT2D eigenvalue weighted by atomic mass is 79.9. The molecule has 0 bridgehead atoms. The Morgan fingerprint density at radius 2 is 1.82 bits per heavy atom. The molecule has 4 heteroatoms. The van der Waals surface area contributed by atoms with Crippen molar-refractivity contribution in [3.8, 4) is 0 Å². The number of aliphatic hydroxyl groups excluding tert-OH is 1. The third-order valence-corrected chi connectivity index (χ3v) is 4.26. The predicted molar refractivity (Wildman–Crippen MR) is 74.1 cm³/mol. The molecule has 0 aliphatic rings. The van der Waals surface area contributed by atoms with Gasteiger partial charge in [-0.3, -0.25) is 0 Å². The molecule has 1 unspecified atom stereocenters. The van der Waals surface area contributed by atoms with Crippen LogP contribution in [0, 0.1) is 13.8 Å². The van der Waals surface area contributed by atoms with Crippen molar-refractivity contribution in [2.45, 2.75) is 20.0 Å². The van der Waals surface area contributed by atoms with Gasteiger partial charge in [0.2, 0.25) is 0 Å². The first-order valence-electron chi connectivity index (χ1n) is 5.18. The first-order chi connectivity index (χ1) is 8.00. The van der Waals surface area contributed by atoms with Crippen LogP contribution in [0.1, 0.15) is 28.6 Å². The second-order valence-electron chi connectivity index (χ2n) is 3.99. The smallest absolute Gasteiger partial charge is 0.139 e. The van der Waals surface area contributed by atoms with Crippen molar-refractivity contribution in [1.29, 1.82) is 0 Å². The molecule has 90 valence electrons. The standard InChI is InChI=1S/C13H12Br2O2/c1-7-3-4-17-13(7)12(16)9-6-10(14)8(2)5-11(9)15/h3-6,12,16H,1-2H3. The largest absolute Gasteiger partial charge is 0.466 e. The minimum absolute atomic E-state index is 0.585. The van der Waals surface area contributed by atoms with Gasteiger partial charge in [0.15, 0.2) is 0 Å². The average molecular weight is 360 g/mol. The molecule has 1 heterocycles. The topological polar surface area (TPSA) is 33.4 Å². The highest BCUT2D eigenvalue weighted by Crippen LogP contribution is 2.34. The lowest BCUT2D eigenvalue weighted by Crippen LogP contribution is -2.01. The van der Waals surface area contributed by atoms with Gasteiger partial charge >= 0.3 is 0 Å². The summed E-state index contributed by atoms with van der Waals surface area (Å²) in [5.41, 5.74) is 2.85. The Kier molecular flexibility index (Phi) is 3.76. The van der Waals surface area contributed by atoms with E-state index in [-0.39, 0.29) is 0 Å². The van der Waals surface area contributed by atoms with E-state index in [9.17, 15) is 5.11 Å². The van der Waals surface area contributed by atoms with Gasteiger partial charge < -0.3 is 9.52 Å². The lowest BCUT2D eigenvalue weighted by molar-refractivity contribution is 0.187. The Balaban J connectivity index is 2.48. The summed E-state index contributed by atoms with van der Waals surface area (Å²) in [4.78, 5) is 0. The molecule has 0 fully saturated rings. The summed E-state index contributed by atoms with van der Waals surface area (Å²) in [6.07, 6.45) is 0.835. The third kappa shape index (κ3) is 2.49. The lowest BCUT2D eigenvalue weighted by Gasteiger charge is -2.13. The molecular formula is C13H12Br2O2. The summed E-state index contributed by atoms with van der Waals surface area (Å²) in [7, 11) is 0. The zero-order chi connectivity index (χ0) is 12.6. The van der Waals surface area contributed by atoms with E-state index in [4.69, 9.17) is 4.42 Å². The maximum Gasteiger partial charge on any atom is 0.139 e. The fourth-order valence-corrected chi connectivity index (χ4v) is 2.71. The summed E-state index contributed by atoms with van der Waals surface area (Å²) in [5, 5.41) is 10.3. The van der Waals surface area contributed by atoms with Gasteiger partial charge in [-0.2, -0.15) is 0 Å². The normalized spacial score (nSPS) is 12.8. The minimum atomic E-state index is -0.753. The molecule has 1 atom stereocenters. The van der Waals surface area contributed by atoms with Crippen LogP contribution in [0.2, 0.25) is 0 Å². The number of benzene rings is 1. The second kappa shape index (κ2) is 4.96. The average Bonchev–Trinajstić information content (AvgIpc) is 2.69. The van der Waals surface area contributed by atoms with Gasteiger partial charge in [0, 0.05) is 14.5 Å². The van der Waals surface area contributed by atoms with Gasteiger partial charge in [0.05, 0.1) is 6.26 Å². The molecule has 0 saturated carbocycles.